The summed E-state index contributed by atoms with van der Waals surface area (Å²) in [4.78, 5) is 18.5. The zero-order chi connectivity index (χ0) is 15.9. The van der Waals surface area contributed by atoms with E-state index in [0.29, 0.717) is 5.56 Å². The number of nitrogens with one attached hydrogen (secondary N) is 1. The third-order valence-electron chi connectivity index (χ3n) is 3.54. The fourth-order valence-electron chi connectivity index (χ4n) is 2.39. The standard InChI is InChI=1S/C18H23N3O/c1-4-17(15-9-11-19-12-10-15)20-18(22)16-7-5-14(6-8-16)13-21(2)3/h5-12,17H,4,13H2,1-3H3,(H,20,22). The van der Waals surface area contributed by atoms with Crippen LogP contribution in [0.1, 0.15) is 40.9 Å². The highest BCUT2D eigenvalue weighted by Crippen LogP contribution is 2.16. The smallest absolute Gasteiger partial charge is 0.251 e. The number of hydrogen-bond acceptors (Lipinski definition) is 3. The number of carbonyl (C=O) groups is 1. The lowest BCUT2D eigenvalue weighted by atomic mass is 10.0. The summed E-state index contributed by atoms with van der Waals surface area (Å²) >= 11 is 0. The van der Waals surface area contributed by atoms with Gasteiger partial charge in [0.2, 0.25) is 0 Å². The summed E-state index contributed by atoms with van der Waals surface area (Å²) in [6.45, 7) is 2.93. The molecule has 0 fully saturated rings. The Hall–Kier alpha value is -2.20. The van der Waals surface area contributed by atoms with E-state index in [-0.39, 0.29) is 11.9 Å². The predicted molar refractivity (Wildman–Crippen MR) is 88.6 cm³/mol. The van der Waals surface area contributed by atoms with Gasteiger partial charge in [-0.05, 0) is 55.9 Å². The van der Waals surface area contributed by atoms with E-state index >= 15 is 0 Å². The van der Waals surface area contributed by atoms with Gasteiger partial charge in [-0.15, -0.1) is 0 Å². The fraction of sp³-hybridized carbons (Fsp3) is 0.333. The summed E-state index contributed by atoms with van der Waals surface area (Å²) in [5, 5.41) is 3.08. The molecule has 2 aromatic rings. The molecule has 4 heteroatoms. The number of rotatable bonds is 6. The first-order valence-corrected chi connectivity index (χ1v) is 7.54. The Balaban J connectivity index is 2.04. The second-order valence-corrected chi connectivity index (χ2v) is 5.65. The number of nitrogens with zero attached hydrogens (tertiary/aromatic N) is 2. The van der Waals surface area contributed by atoms with Gasteiger partial charge in [0.25, 0.3) is 5.91 Å². The highest BCUT2D eigenvalue weighted by Gasteiger charge is 2.13. The van der Waals surface area contributed by atoms with E-state index in [4.69, 9.17) is 0 Å². The molecule has 0 saturated heterocycles. The Labute approximate surface area is 132 Å². The number of benzene rings is 1. The molecule has 2 rings (SSSR count). The Bertz CT molecular complexity index is 593. The van der Waals surface area contributed by atoms with Gasteiger partial charge in [-0.2, -0.15) is 0 Å². The van der Waals surface area contributed by atoms with Gasteiger partial charge in [0.15, 0.2) is 0 Å². The molecule has 0 aliphatic carbocycles. The van der Waals surface area contributed by atoms with Crippen LogP contribution in [-0.4, -0.2) is 29.9 Å². The second-order valence-electron chi connectivity index (χ2n) is 5.65. The highest BCUT2D eigenvalue weighted by molar-refractivity contribution is 5.94. The van der Waals surface area contributed by atoms with Gasteiger partial charge in [0.1, 0.15) is 0 Å². The molecule has 1 unspecified atom stereocenters. The minimum atomic E-state index is -0.0416. The van der Waals surface area contributed by atoms with Crippen molar-refractivity contribution in [2.24, 2.45) is 0 Å². The van der Waals surface area contributed by atoms with Crippen molar-refractivity contribution in [1.29, 1.82) is 0 Å². The molecular formula is C18H23N3O. The molecule has 0 aliphatic rings. The Kier molecular flexibility index (Phi) is 5.67. The van der Waals surface area contributed by atoms with Crippen molar-refractivity contribution >= 4 is 5.91 Å². The van der Waals surface area contributed by atoms with Crippen molar-refractivity contribution in [3.63, 3.8) is 0 Å². The third-order valence-corrected chi connectivity index (χ3v) is 3.54. The second kappa shape index (κ2) is 7.71. The van der Waals surface area contributed by atoms with Crippen LogP contribution >= 0.6 is 0 Å². The zero-order valence-electron chi connectivity index (χ0n) is 13.4. The Morgan fingerprint density at radius 1 is 1.14 bits per heavy atom. The molecule has 0 aliphatic heterocycles. The van der Waals surface area contributed by atoms with Gasteiger partial charge in [-0.1, -0.05) is 19.1 Å². The number of hydrogen-bond donors (Lipinski definition) is 1. The van der Waals surface area contributed by atoms with E-state index < -0.39 is 0 Å². The maximum atomic E-state index is 12.4. The fourth-order valence-corrected chi connectivity index (χ4v) is 2.39. The van der Waals surface area contributed by atoms with Crippen LogP contribution in [0.2, 0.25) is 0 Å². The van der Waals surface area contributed by atoms with Crippen LogP contribution in [0.25, 0.3) is 0 Å². The van der Waals surface area contributed by atoms with E-state index in [9.17, 15) is 4.79 Å². The van der Waals surface area contributed by atoms with Crippen molar-refractivity contribution in [1.82, 2.24) is 15.2 Å². The molecule has 0 saturated carbocycles. The molecule has 0 bridgehead atoms. The number of aromatic nitrogens is 1. The van der Waals surface area contributed by atoms with E-state index in [2.05, 4.69) is 22.1 Å². The van der Waals surface area contributed by atoms with Crippen LogP contribution in [0.5, 0.6) is 0 Å². The first-order chi connectivity index (χ1) is 10.6. The van der Waals surface area contributed by atoms with Crippen molar-refractivity contribution in [2.75, 3.05) is 14.1 Å². The van der Waals surface area contributed by atoms with Crippen molar-refractivity contribution in [2.45, 2.75) is 25.9 Å². The molecular weight excluding hydrogens is 274 g/mol. The lowest BCUT2D eigenvalue weighted by Gasteiger charge is -2.17. The quantitative estimate of drug-likeness (QED) is 0.891. The minimum Gasteiger partial charge on any atom is -0.345 e. The third kappa shape index (κ3) is 4.40. The number of amides is 1. The lowest BCUT2D eigenvalue weighted by molar-refractivity contribution is 0.0935. The topological polar surface area (TPSA) is 45.2 Å². The summed E-state index contributed by atoms with van der Waals surface area (Å²) in [7, 11) is 4.06. The Morgan fingerprint density at radius 2 is 1.77 bits per heavy atom. The van der Waals surface area contributed by atoms with Gasteiger partial charge < -0.3 is 10.2 Å². The van der Waals surface area contributed by atoms with Crippen LogP contribution < -0.4 is 5.32 Å². The summed E-state index contributed by atoms with van der Waals surface area (Å²) in [6, 6.07) is 11.7. The van der Waals surface area contributed by atoms with Gasteiger partial charge in [-0.25, -0.2) is 0 Å². The summed E-state index contributed by atoms with van der Waals surface area (Å²) in [5.41, 5.74) is 2.97. The average molecular weight is 297 g/mol. The SMILES string of the molecule is CCC(NC(=O)c1ccc(CN(C)C)cc1)c1ccncc1. The molecule has 4 nitrogen and oxygen atoms in total. The average Bonchev–Trinajstić information content (AvgIpc) is 2.53. The Morgan fingerprint density at radius 3 is 2.32 bits per heavy atom. The van der Waals surface area contributed by atoms with Crippen LogP contribution in [0.4, 0.5) is 0 Å². The molecule has 1 atom stereocenters. The van der Waals surface area contributed by atoms with Gasteiger partial charge in [-0.3, -0.25) is 9.78 Å². The molecule has 116 valence electrons. The van der Waals surface area contributed by atoms with Crippen LogP contribution in [0.3, 0.4) is 0 Å². The van der Waals surface area contributed by atoms with Crippen LogP contribution in [0, 0.1) is 0 Å². The molecule has 1 N–H and O–H groups in total. The lowest BCUT2D eigenvalue weighted by Crippen LogP contribution is -2.28. The van der Waals surface area contributed by atoms with Crippen molar-refractivity contribution in [3.8, 4) is 0 Å². The molecule has 0 spiro atoms. The van der Waals surface area contributed by atoms with E-state index in [1.54, 1.807) is 12.4 Å². The zero-order valence-corrected chi connectivity index (χ0v) is 13.4. The summed E-state index contributed by atoms with van der Waals surface area (Å²) in [5.74, 6) is -0.0416. The number of pyridine rings is 1. The van der Waals surface area contributed by atoms with Gasteiger partial charge in [0.05, 0.1) is 6.04 Å². The minimum absolute atomic E-state index is 0.0111. The van der Waals surface area contributed by atoms with E-state index in [1.165, 1.54) is 5.56 Å². The predicted octanol–water partition coefficient (Wildman–Crippen LogP) is 3.02. The summed E-state index contributed by atoms with van der Waals surface area (Å²) < 4.78 is 0. The maximum absolute atomic E-state index is 12.4. The molecule has 1 aromatic heterocycles. The normalized spacial score (nSPS) is 12.2. The molecule has 1 amide bonds. The first-order valence-electron chi connectivity index (χ1n) is 7.54. The monoisotopic (exact) mass is 297 g/mol. The van der Waals surface area contributed by atoms with E-state index in [1.807, 2.05) is 50.5 Å². The molecule has 1 heterocycles. The van der Waals surface area contributed by atoms with Crippen molar-refractivity contribution in [3.05, 3.63) is 65.5 Å². The van der Waals surface area contributed by atoms with Crippen molar-refractivity contribution < 1.29 is 4.79 Å². The van der Waals surface area contributed by atoms with Gasteiger partial charge in [0, 0.05) is 24.5 Å². The van der Waals surface area contributed by atoms with Crippen LogP contribution in [0.15, 0.2) is 48.8 Å². The van der Waals surface area contributed by atoms with Crippen LogP contribution in [-0.2, 0) is 6.54 Å². The number of carbonyl (C=O) groups excluding carboxylic acids is 1. The van der Waals surface area contributed by atoms with E-state index in [0.717, 1.165) is 18.5 Å². The molecule has 22 heavy (non-hydrogen) atoms. The largest absolute Gasteiger partial charge is 0.345 e. The van der Waals surface area contributed by atoms with Gasteiger partial charge >= 0.3 is 0 Å². The first kappa shape index (κ1) is 16.2. The summed E-state index contributed by atoms with van der Waals surface area (Å²) in [6.07, 6.45) is 4.34. The highest BCUT2D eigenvalue weighted by atomic mass is 16.1. The maximum Gasteiger partial charge on any atom is 0.251 e. The molecule has 1 aromatic carbocycles. The molecule has 0 radical (unpaired) electrons.